The molecule has 2 aromatic rings. The minimum absolute atomic E-state index is 0.0154. The summed E-state index contributed by atoms with van der Waals surface area (Å²) in [6.07, 6.45) is 3.30. The number of nitrogens with one attached hydrogen (secondary N) is 1. The van der Waals surface area contributed by atoms with Crippen LogP contribution in [0.2, 0.25) is 0 Å². The van der Waals surface area contributed by atoms with Crippen LogP contribution in [0.3, 0.4) is 0 Å². The van der Waals surface area contributed by atoms with Gasteiger partial charge in [0.2, 0.25) is 5.82 Å². The molecule has 0 aliphatic heterocycles. The number of aryl methyl sites for hydroxylation is 1. The van der Waals surface area contributed by atoms with E-state index in [1.165, 1.54) is 17.4 Å². The summed E-state index contributed by atoms with van der Waals surface area (Å²) in [5.41, 5.74) is 0.743. The highest BCUT2D eigenvalue weighted by Gasteiger charge is 2.18. The van der Waals surface area contributed by atoms with Gasteiger partial charge in [-0.2, -0.15) is 0 Å². The number of thiazole rings is 1. The Morgan fingerprint density at radius 1 is 1.50 bits per heavy atom. The average molecular weight is 264 g/mol. The third-order valence-electron chi connectivity index (χ3n) is 2.38. The molecular weight excluding hydrogens is 252 g/mol. The molecule has 18 heavy (non-hydrogen) atoms. The Kier molecular flexibility index (Phi) is 3.52. The van der Waals surface area contributed by atoms with Crippen LogP contribution in [0.25, 0.3) is 0 Å². The summed E-state index contributed by atoms with van der Waals surface area (Å²) < 4.78 is 0. The summed E-state index contributed by atoms with van der Waals surface area (Å²) in [5, 5.41) is 16.7. The van der Waals surface area contributed by atoms with Crippen LogP contribution in [0.1, 0.15) is 23.5 Å². The van der Waals surface area contributed by atoms with Crippen LogP contribution in [-0.2, 0) is 0 Å². The maximum absolute atomic E-state index is 11.0. The molecule has 1 atom stereocenters. The first kappa shape index (κ1) is 12.4. The molecule has 2 rings (SSSR count). The van der Waals surface area contributed by atoms with E-state index < -0.39 is 4.92 Å². The lowest BCUT2D eigenvalue weighted by molar-refractivity contribution is -0.384. The Bertz CT molecular complexity index is 556. The molecule has 0 aliphatic carbocycles. The summed E-state index contributed by atoms with van der Waals surface area (Å²) in [6.45, 7) is 3.66. The van der Waals surface area contributed by atoms with Crippen LogP contribution in [0.5, 0.6) is 0 Å². The summed E-state index contributed by atoms with van der Waals surface area (Å²) in [4.78, 5) is 18.8. The maximum Gasteiger partial charge on any atom is 0.311 e. The lowest BCUT2D eigenvalue weighted by Crippen LogP contribution is -2.09. The molecule has 0 aromatic carbocycles. The highest BCUT2D eigenvalue weighted by atomic mass is 32.1. The van der Waals surface area contributed by atoms with Crippen LogP contribution in [0.15, 0.2) is 23.8 Å². The highest BCUT2D eigenvalue weighted by Crippen LogP contribution is 2.27. The zero-order valence-electron chi connectivity index (χ0n) is 9.95. The van der Waals surface area contributed by atoms with Crippen molar-refractivity contribution in [3.05, 3.63) is 44.5 Å². The maximum atomic E-state index is 11.0. The highest BCUT2D eigenvalue weighted by molar-refractivity contribution is 7.09. The topological polar surface area (TPSA) is 81.0 Å². The molecule has 2 heterocycles. The number of hydrogen-bond acceptors (Lipinski definition) is 6. The van der Waals surface area contributed by atoms with Crippen LogP contribution < -0.4 is 5.32 Å². The SMILES string of the molecule is Cc1cnc(NC(C)c2nccs2)c([N+](=O)[O-])c1. The Hall–Kier alpha value is -2.02. The van der Waals surface area contributed by atoms with Gasteiger partial charge in [-0.05, 0) is 19.4 Å². The summed E-state index contributed by atoms with van der Waals surface area (Å²) >= 11 is 1.50. The van der Waals surface area contributed by atoms with Crippen LogP contribution in [0, 0.1) is 17.0 Å². The van der Waals surface area contributed by atoms with Gasteiger partial charge >= 0.3 is 5.69 Å². The van der Waals surface area contributed by atoms with Crippen molar-refractivity contribution in [3.63, 3.8) is 0 Å². The van der Waals surface area contributed by atoms with E-state index in [1.807, 2.05) is 12.3 Å². The third-order valence-corrected chi connectivity index (χ3v) is 3.33. The molecule has 7 heteroatoms. The smallest absolute Gasteiger partial charge is 0.311 e. The first-order valence-corrected chi connectivity index (χ1v) is 6.23. The molecule has 94 valence electrons. The predicted octanol–water partition coefficient (Wildman–Crippen LogP) is 2.93. The van der Waals surface area contributed by atoms with E-state index in [4.69, 9.17) is 0 Å². The van der Waals surface area contributed by atoms with Crippen molar-refractivity contribution in [2.75, 3.05) is 5.32 Å². The number of aromatic nitrogens is 2. The molecule has 0 amide bonds. The summed E-state index contributed by atoms with van der Waals surface area (Å²) in [6, 6.07) is 1.39. The number of hydrogen-bond donors (Lipinski definition) is 1. The van der Waals surface area contributed by atoms with Gasteiger partial charge in [-0.25, -0.2) is 9.97 Å². The van der Waals surface area contributed by atoms with Crippen molar-refractivity contribution in [2.24, 2.45) is 0 Å². The lowest BCUT2D eigenvalue weighted by Gasteiger charge is -2.11. The van der Waals surface area contributed by atoms with Gasteiger partial charge in [0.1, 0.15) is 5.01 Å². The number of rotatable bonds is 4. The van der Waals surface area contributed by atoms with Crippen LogP contribution in [0.4, 0.5) is 11.5 Å². The van der Waals surface area contributed by atoms with Crippen LogP contribution >= 0.6 is 11.3 Å². The largest absolute Gasteiger partial charge is 0.355 e. The molecule has 0 fully saturated rings. The minimum Gasteiger partial charge on any atom is -0.355 e. The monoisotopic (exact) mass is 264 g/mol. The standard InChI is InChI=1S/C11H12N4O2S/c1-7-5-9(15(16)17)10(13-6-7)14-8(2)11-12-3-4-18-11/h3-6,8H,1-2H3,(H,13,14). The van der Waals surface area contributed by atoms with Crippen molar-refractivity contribution in [1.82, 2.24) is 9.97 Å². The van der Waals surface area contributed by atoms with E-state index in [0.29, 0.717) is 0 Å². The molecule has 0 spiro atoms. The number of nitrogens with zero attached hydrogens (tertiary/aromatic N) is 3. The van der Waals surface area contributed by atoms with Crippen LogP contribution in [-0.4, -0.2) is 14.9 Å². The average Bonchev–Trinajstić information content (AvgIpc) is 2.84. The molecule has 0 saturated carbocycles. The fourth-order valence-corrected chi connectivity index (χ4v) is 2.17. The minimum atomic E-state index is -0.434. The molecule has 6 nitrogen and oxygen atoms in total. The third kappa shape index (κ3) is 2.62. The fraction of sp³-hybridized carbons (Fsp3) is 0.273. The Morgan fingerprint density at radius 3 is 2.89 bits per heavy atom. The fourth-order valence-electron chi connectivity index (χ4n) is 1.52. The molecule has 0 saturated heterocycles. The van der Waals surface area contributed by atoms with Crippen molar-refractivity contribution < 1.29 is 4.92 Å². The van der Waals surface area contributed by atoms with Gasteiger partial charge in [0.25, 0.3) is 0 Å². The number of anilines is 1. The molecule has 2 aromatic heterocycles. The van der Waals surface area contributed by atoms with Gasteiger partial charge in [0, 0.05) is 23.8 Å². The zero-order valence-corrected chi connectivity index (χ0v) is 10.8. The first-order chi connectivity index (χ1) is 8.58. The van der Waals surface area contributed by atoms with E-state index in [9.17, 15) is 10.1 Å². The molecule has 1 N–H and O–H groups in total. The van der Waals surface area contributed by atoms with Gasteiger partial charge in [-0.3, -0.25) is 10.1 Å². The summed E-state index contributed by atoms with van der Waals surface area (Å²) in [7, 11) is 0. The van der Waals surface area contributed by atoms with Gasteiger partial charge in [0.05, 0.1) is 11.0 Å². The van der Waals surface area contributed by atoms with E-state index in [0.717, 1.165) is 10.6 Å². The quantitative estimate of drug-likeness (QED) is 0.678. The van der Waals surface area contributed by atoms with Gasteiger partial charge in [-0.1, -0.05) is 0 Å². The Balaban J connectivity index is 2.26. The van der Waals surface area contributed by atoms with Gasteiger partial charge in [0.15, 0.2) is 0 Å². The van der Waals surface area contributed by atoms with Crippen molar-refractivity contribution in [2.45, 2.75) is 19.9 Å². The van der Waals surface area contributed by atoms with Gasteiger partial charge < -0.3 is 5.32 Å². The van der Waals surface area contributed by atoms with E-state index >= 15 is 0 Å². The molecule has 1 unspecified atom stereocenters. The van der Waals surface area contributed by atoms with E-state index in [-0.39, 0.29) is 17.5 Å². The Morgan fingerprint density at radius 2 is 2.28 bits per heavy atom. The summed E-state index contributed by atoms with van der Waals surface area (Å²) in [5.74, 6) is 0.272. The Labute approximate surface area is 108 Å². The predicted molar refractivity (Wildman–Crippen MR) is 69.8 cm³/mol. The van der Waals surface area contributed by atoms with Crippen molar-refractivity contribution >= 4 is 22.8 Å². The molecule has 0 aliphatic rings. The second-order valence-electron chi connectivity index (χ2n) is 3.87. The lowest BCUT2D eigenvalue weighted by atomic mass is 10.2. The number of nitro groups is 1. The van der Waals surface area contributed by atoms with Crippen molar-refractivity contribution in [1.29, 1.82) is 0 Å². The second-order valence-corrected chi connectivity index (χ2v) is 4.80. The number of pyridine rings is 1. The second kappa shape index (κ2) is 5.09. The van der Waals surface area contributed by atoms with E-state index in [2.05, 4.69) is 15.3 Å². The van der Waals surface area contributed by atoms with Gasteiger partial charge in [-0.15, -0.1) is 11.3 Å². The first-order valence-electron chi connectivity index (χ1n) is 5.35. The van der Waals surface area contributed by atoms with E-state index in [1.54, 1.807) is 19.3 Å². The molecule has 0 bridgehead atoms. The van der Waals surface area contributed by atoms with Crippen molar-refractivity contribution in [3.8, 4) is 0 Å². The zero-order chi connectivity index (χ0) is 13.1. The normalized spacial score (nSPS) is 12.1. The molecule has 0 radical (unpaired) electrons. The molecular formula is C11H12N4O2S.